The molecule has 2 rings (SSSR count). The van der Waals surface area contributed by atoms with Crippen molar-refractivity contribution in [1.29, 1.82) is 0 Å². The van der Waals surface area contributed by atoms with E-state index >= 15 is 0 Å². The molecule has 0 bridgehead atoms. The second kappa shape index (κ2) is 6.21. The van der Waals surface area contributed by atoms with Gasteiger partial charge >= 0.3 is 0 Å². The Morgan fingerprint density at radius 2 is 1.83 bits per heavy atom. The average Bonchev–Trinajstić information content (AvgIpc) is 2.76. The normalized spacial score (nSPS) is 12.9. The van der Waals surface area contributed by atoms with Crippen molar-refractivity contribution in [3.63, 3.8) is 0 Å². The Labute approximate surface area is 117 Å². The van der Waals surface area contributed by atoms with E-state index in [-0.39, 0.29) is 0 Å². The third kappa shape index (κ3) is 3.47. The molecule has 0 amide bonds. The molecule has 96 valence electrons. The van der Waals surface area contributed by atoms with Gasteiger partial charge in [0.1, 0.15) is 5.76 Å². The highest BCUT2D eigenvalue weighted by Crippen LogP contribution is 2.22. The van der Waals surface area contributed by atoms with Crippen LogP contribution >= 0.6 is 15.9 Å². The average molecular weight is 308 g/mol. The summed E-state index contributed by atoms with van der Waals surface area (Å²) in [5, 5.41) is 3.55. The summed E-state index contributed by atoms with van der Waals surface area (Å²) in [7, 11) is 0. The van der Waals surface area contributed by atoms with Crippen molar-refractivity contribution >= 4 is 15.9 Å². The molecular formula is C15H18BrNO. The Balaban J connectivity index is 2.03. The van der Waals surface area contributed by atoms with E-state index in [1.165, 1.54) is 5.56 Å². The van der Waals surface area contributed by atoms with Crippen molar-refractivity contribution < 1.29 is 4.42 Å². The van der Waals surface area contributed by atoms with E-state index in [2.05, 4.69) is 59.4 Å². The maximum atomic E-state index is 5.50. The molecule has 0 saturated heterocycles. The molecular weight excluding hydrogens is 290 g/mol. The van der Waals surface area contributed by atoms with Crippen LogP contribution in [0, 0.1) is 5.92 Å². The van der Waals surface area contributed by atoms with Crippen LogP contribution < -0.4 is 5.32 Å². The molecule has 18 heavy (non-hydrogen) atoms. The molecule has 0 aliphatic heterocycles. The predicted octanol–water partition coefficient (Wildman–Crippen LogP) is 4.53. The summed E-state index contributed by atoms with van der Waals surface area (Å²) in [6, 6.07) is 14.8. The lowest BCUT2D eigenvalue weighted by Crippen LogP contribution is -2.25. The SMILES string of the molecule is CC(C)C(NCc1ccc(Br)o1)c1ccccc1. The third-order valence-electron chi connectivity index (χ3n) is 2.95. The Bertz CT molecular complexity index is 478. The van der Waals surface area contributed by atoms with Crippen LogP contribution in [0.25, 0.3) is 0 Å². The monoisotopic (exact) mass is 307 g/mol. The predicted molar refractivity (Wildman–Crippen MR) is 77.3 cm³/mol. The minimum atomic E-state index is 0.343. The zero-order valence-corrected chi connectivity index (χ0v) is 12.3. The second-order valence-electron chi connectivity index (χ2n) is 4.72. The third-order valence-corrected chi connectivity index (χ3v) is 3.38. The van der Waals surface area contributed by atoms with Crippen molar-refractivity contribution in [2.45, 2.75) is 26.4 Å². The van der Waals surface area contributed by atoms with Crippen LogP contribution in [0.2, 0.25) is 0 Å². The molecule has 1 atom stereocenters. The molecule has 1 heterocycles. The zero-order chi connectivity index (χ0) is 13.0. The van der Waals surface area contributed by atoms with Crippen LogP contribution in [0.15, 0.2) is 51.6 Å². The topological polar surface area (TPSA) is 25.2 Å². The van der Waals surface area contributed by atoms with Gasteiger partial charge in [0, 0.05) is 6.04 Å². The van der Waals surface area contributed by atoms with E-state index in [0.717, 1.165) is 17.0 Å². The van der Waals surface area contributed by atoms with Crippen molar-refractivity contribution in [3.05, 3.63) is 58.5 Å². The Morgan fingerprint density at radius 1 is 1.11 bits per heavy atom. The van der Waals surface area contributed by atoms with E-state index in [4.69, 9.17) is 4.42 Å². The largest absolute Gasteiger partial charge is 0.453 e. The van der Waals surface area contributed by atoms with E-state index in [9.17, 15) is 0 Å². The van der Waals surface area contributed by atoms with E-state index in [1.807, 2.05) is 18.2 Å². The maximum Gasteiger partial charge on any atom is 0.169 e. The number of benzene rings is 1. The standard InChI is InChI=1S/C15H18BrNO/c1-11(2)15(12-6-4-3-5-7-12)17-10-13-8-9-14(16)18-13/h3-9,11,15,17H,10H2,1-2H3. The summed E-state index contributed by atoms with van der Waals surface area (Å²) in [5.41, 5.74) is 1.32. The van der Waals surface area contributed by atoms with Crippen molar-refractivity contribution in [2.24, 2.45) is 5.92 Å². The highest BCUT2D eigenvalue weighted by atomic mass is 79.9. The van der Waals surface area contributed by atoms with Gasteiger partial charge in [-0.2, -0.15) is 0 Å². The lowest BCUT2D eigenvalue weighted by atomic mass is 9.96. The minimum absolute atomic E-state index is 0.343. The fourth-order valence-corrected chi connectivity index (χ4v) is 2.40. The van der Waals surface area contributed by atoms with E-state index in [1.54, 1.807) is 0 Å². The number of nitrogens with one attached hydrogen (secondary N) is 1. The molecule has 3 heteroatoms. The number of furan rings is 1. The summed E-state index contributed by atoms with van der Waals surface area (Å²) < 4.78 is 6.28. The lowest BCUT2D eigenvalue weighted by molar-refractivity contribution is 0.380. The van der Waals surface area contributed by atoms with E-state index in [0.29, 0.717) is 12.0 Å². The number of hydrogen-bond donors (Lipinski definition) is 1. The van der Waals surface area contributed by atoms with Gasteiger partial charge in [-0.05, 0) is 39.5 Å². The van der Waals surface area contributed by atoms with Gasteiger partial charge in [-0.1, -0.05) is 44.2 Å². The number of hydrogen-bond acceptors (Lipinski definition) is 2. The van der Waals surface area contributed by atoms with Gasteiger partial charge in [0.25, 0.3) is 0 Å². The molecule has 0 aliphatic rings. The smallest absolute Gasteiger partial charge is 0.169 e. The number of halogens is 1. The highest BCUT2D eigenvalue weighted by molar-refractivity contribution is 9.10. The minimum Gasteiger partial charge on any atom is -0.453 e. The van der Waals surface area contributed by atoms with Gasteiger partial charge in [0.2, 0.25) is 0 Å². The molecule has 1 N–H and O–H groups in total. The maximum absolute atomic E-state index is 5.50. The van der Waals surface area contributed by atoms with Gasteiger partial charge < -0.3 is 9.73 Å². The Morgan fingerprint density at radius 3 is 2.39 bits per heavy atom. The molecule has 0 radical (unpaired) electrons. The molecule has 0 saturated carbocycles. The van der Waals surface area contributed by atoms with Crippen LogP contribution in [0.3, 0.4) is 0 Å². The molecule has 1 unspecified atom stereocenters. The quantitative estimate of drug-likeness (QED) is 0.878. The lowest BCUT2D eigenvalue weighted by Gasteiger charge is -2.22. The van der Waals surface area contributed by atoms with Crippen molar-refractivity contribution in [3.8, 4) is 0 Å². The van der Waals surface area contributed by atoms with Crippen LogP contribution in [0.4, 0.5) is 0 Å². The van der Waals surface area contributed by atoms with Gasteiger partial charge in [-0.25, -0.2) is 0 Å². The Kier molecular flexibility index (Phi) is 4.61. The molecule has 1 aromatic heterocycles. The zero-order valence-electron chi connectivity index (χ0n) is 10.7. The van der Waals surface area contributed by atoms with Crippen molar-refractivity contribution in [2.75, 3.05) is 0 Å². The molecule has 2 nitrogen and oxygen atoms in total. The van der Waals surface area contributed by atoms with Gasteiger partial charge in [0.05, 0.1) is 6.54 Å². The number of rotatable bonds is 5. The van der Waals surface area contributed by atoms with Crippen LogP contribution in [0.5, 0.6) is 0 Å². The fraction of sp³-hybridized carbons (Fsp3) is 0.333. The molecule has 2 aromatic rings. The molecule has 1 aromatic carbocycles. The van der Waals surface area contributed by atoms with E-state index < -0.39 is 0 Å². The van der Waals surface area contributed by atoms with Gasteiger partial charge in [0.15, 0.2) is 4.67 Å². The first-order chi connectivity index (χ1) is 8.66. The van der Waals surface area contributed by atoms with Crippen LogP contribution in [-0.2, 0) is 6.54 Å². The first-order valence-corrected chi connectivity index (χ1v) is 6.98. The van der Waals surface area contributed by atoms with Crippen molar-refractivity contribution in [1.82, 2.24) is 5.32 Å². The first-order valence-electron chi connectivity index (χ1n) is 6.19. The first kappa shape index (κ1) is 13.4. The molecule has 0 fully saturated rings. The van der Waals surface area contributed by atoms with Gasteiger partial charge in [-0.3, -0.25) is 0 Å². The summed E-state index contributed by atoms with van der Waals surface area (Å²) in [5.74, 6) is 1.48. The summed E-state index contributed by atoms with van der Waals surface area (Å²) in [4.78, 5) is 0. The summed E-state index contributed by atoms with van der Waals surface area (Å²) in [6.45, 7) is 5.19. The summed E-state index contributed by atoms with van der Waals surface area (Å²) in [6.07, 6.45) is 0. The fourth-order valence-electron chi connectivity index (χ4n) is 2.06. The molecule has 0 spiro atoms. The summed E-state index contributed by atoms with van der Waals surface area (Å²) >= 11 is 3.32. The second-order valence-corrected chi connectivity index (χ2v) is 5.50. The highest BCUT2D eigenvalue weighted by Gasteiger charge is 2.15. The Hall–Kier alpha value is -1.06. The molecule has 0 aliphatic carbocycles. The van der Waals surface area contributed by atoms with Gasteiger partial charge in [-0.15, -0.1) is 0 Å². The van der Waals surface area contributed by atoms with Crippen LogP contribution in [-0.4, -0.2) is 0 Å². The van der Waals surface area contributed by atoms with Crippen LogP contribution in [0.1, 0.15) is 31.2 Å².